The minimum atomic E-state index is 0.160. The van der Waals surface area contributed by atoms with Crippen LogP contribution in [-0.4, -0.2) is 15.0 Å². The van der Waals surface area contributed by atoms with Crippen molar-refractivity contribution in [3.8, 4) is 35.0 Å². The van der Waals surface area contributed by atoms with Crippen LogP contribution in [0.4, 0.5) is 0 Å². The molecule has 3 rings (SSSR count). The summed E-state index contributed by atoms with van der Waals surface area (Å²) in [6.45, 7) is 0.338. The number of hydrogen-bond donors (Lipinski definition) is 1. The van der Waals surface area contributed by atoms with Crippen molar-refractivity contribution in [1.29, 1.82) is 10.5 Å². The van der Waals surface area contributed by atoms with Gasteiger partial charge in [0.2, 0.25) is 0 Å². The molecule has 3 aromatic rings. The summed E-state index contributed by atoms with van der Waals surface area (Å²) < 4.78 is 5.78. The van der Waals surface area contributed by atoms with Crippen LogP contribution in [0.5, 0.6) is 11.5 Å². The third kappa shape index (κ3) is 3.35. The summed E-state index contributed by atoms with van der Waals surface area (Å²) in [4.78, 5) is 12.3. The monoisotopic (exact) mass is 326 g/mol. The van der Waals surface area contributed by atoms with Gasteiger partial charge in [-0.1, -0.05) is 0 Å². The minimum absolute atomic E-state index is 0.160. The van der Waals surface area contributed by atoms with Crippen molar-refractivity contribution in [2.45, 2.75) is 6.54 Å². The van der Waals surface area contributed by atoms with Crippen molar-refractivity contribution in [3.05, 3.63) is 65.7 Å². The molecule has 0 saturated heterocycles. The van der Waals surface area contributed by atoms with Gasteiger partial charge in [0.15, 0.2) is 11.6 Å². The molecule has 0 aliphatic rings. The van der Waals surface area contributed by atoms with Gasteiger partial charge in [-0.2, -0.15) is 10.5 Å². The van der Waals surface area contributed by atoms with Crippen LogP contribution < -0.4 is 10.5 Å². The Morgan fingerprint density at radius 3 is 2.60 bits per heavy atom. The van der Waals surface area contributed by atoms with E-state index in [2.05, 4.69) is 27.2 Å². The van der Waals surface area contributed by atoms with Gasteiger partial charge in [0.05, 0.1) is 23.4 Å². The Kier molecular flexibility index (Phi) is 4.49. The molecule has 0 atom stereocenters. The largest absolute Gasteiger partial charge is 0.446 e. The van der Waals surface area contributed by atoms with E-state index in [1.807, 2.05) is 12.1 Å². The average Bonchev–Trinajstić information content (AvgIpc) is 2.68. The quantitative estimate of drug-likeness (QED) is 0.779. The third-order valence-corrected chi connectivity index (χ3v) is 3.30. The van der Waals surface area contributed by atoms with E-state index in [0.717, 1.165) is 5.56 Å². The van der Waals surface area contributed by atoms with E-state index in [9.17, 15) is 0 Å². The molecule has 0 fully saturated rings. The lowest BCUT2D eigenvalue weighted by atomic mass is 10.1. The van der Waals surface area contributed by atoms with E-state index >= 15 is 0 Å². The highest BCUT2D eigenvalue weighted by Crippen LogP contribution is 2.32. The topological polar surface area (TPSA) is 122 Å². The number of rotatable bonds is 4. The summed E-state index contributed by atoms with van der Waals surface area (Å²) in [5.41, 5.74) is 7.51. The maximum Gasteiger partial charge on any atom is 0.198 e. The highest BCUT2D eigenvalue weighted by atomic mass is 16.5. The molecule has 7 heteroatoms. The number of aromatic nitrogens is 3. The Labute approximate surface area is 144 Å². The molecule has 118 valence electrons. The Morgan fingerprint density at radius 2 is 1.92 bits per heavy atom. The number of ether oxygens (including phenoxy) is 1. The zero-order valence-corrected chi connectivity index (χ0v) is 12.9. The predicted octanol–water partition coefficient (Wildman–Crippen LogP) is 2.13. The van der Waals surface area contributed by atoms with Gasteiger partial charge < -0.3 is 10.5 Å². The second kappa shape index (κ2) is 7.06. The zero-order valence-electron chi connectivity index (χ0n) is 12.9. The summed E-state index contributed by atoms with van der Waals surface area (Å²) in [5.74, 6) is 0.896. The molecule has 2 aromatic heterocycles. The van der Waals surface area contributed by atoms with Crippen molar-refractivity contribution in [1.82, 2.24) is 15.0 Å². The van der Waals surface area contributed by atoms with Gasteiger partial charge in [0, 0.05) is 30.7 Å². The summed E-state index contributed by atoms with van der Waals surface area (Å²) in [5, 5.41) is 18.3. The SMILES string of the molecule is N#Cc1ccc(-c2ncc(CN)cn2)c(Oc2c#cncc2C#N)c1. The maximum atomic E-state index is 9.15. The zero-order chi connectivity index (χ0) is 17.6. The summed E-state index contributed by atoms with van der Waals surface area (Å²) in [6, 6.07) is 11.5. The summed E-state index contributed by atoms with van der Waals surface area (Å²) in [7, 11) is 0. The molecule has 0 aliphatic carbocycles. The van der Waals surface area contributed by atoms with Crippen LogP contribution >= 0.6 is 0 Å². The number of nitrogens with two attached hydrogens (primary N) is 1. The minimum Gasteiger partial charge on any atom is -0.446 e. The molecule has 7 nitrogen and oxygen atoms in total. The van der Waals surface area contributed by atoms with Gasteiger partial charge in [-0.3, -0.25) is 0 Å². The van der Waals surface area contributed by atoms with Crippen molar-refractivity contribution in [2.24, 2.45) is 5.73 Å². The van der Waals surface area contributed by atoms with Crippen molar-refractivity contribution in [3.63, 3.8) is 0 Å². The Morgan fingerprint density at radius 1 is 1.12 bits per heavy atom. The number of benzene rings is 1. The van der Waals surface area contributed by atoms with E-state index in [1.165, 1.54) is 6.20 Å². The van der Waals surface area contributed by atoms with E-state index in [4.69, 9.17) is 21.0 Å². The molecule has 2 N–H and O–H groups in total. The molecule has 0 spiro atoms. The molecule has 0 unspecified atom stereocenters. The first kappa shape index (κ1) is 15.9. The first-order valence-electron chi connectivity index (χ1n) is 7.17. The molecule has 0 saturated carbocycles. The fourth-order valence-corrected chi connectivity index (χ4v) is 2.04. The fourth-order valence-electron chi connectivity index (χ4n) is 2.04. The van der Waals surface area contributed by atoms with E-state index in [1.54, 1.807) is 30.6 Å². The highest BCUT2D eigenvalue weighted by molar-refractivity contribution is 5.66. The summed E-state index contributed by atoms with van der Waals surface area (Å²) >= 11 is 0. The van der Waals surface area contributed by atoms with Crippen molar-refractivity contribution >= 4 is 0 Å². The van der Waals surface area contributed by atoms with Gasteiger partial charge in [-0.25, -0.2) is 15.0 Å². The van der Waals surface area contributed by atoms with Crippen LogP contribution in [0.1, 0.15) is 16.7 Å². The maximum absolute atomic E-state index is 9.15. The Balaban J connectivity index is 2.07. The van der Waals surface area contributed by atoms with E-state index in [0.29, 0.717) is 29.2 Å². The standard InChI is InChI=1S/C18H10N6O/c19-6-12-1-2-15(18-23-9-13(7-20)10-24-18)17(5-12)25-16-3-4-22-11-14(16)8-21/h1-2,5,9-11H,7,20H2. The van der Waals surface area contributed by atoms with Crippen LogP contribution in [0.25, 0.3) is 11.4 Å². The fraction of sp³-hybridized carbons (Fsp3) is 0.0556. The lowest BCUT2D eigenvalue weighted by Crippen LogP contribution is -2.00. The lowest BCUT2D eigenvalue weighted by molar-refractivity contribution is 0.482. The Hall–Kier alpha value is -3.99. The second-order valence-electron chi connectivity index (χ2n) is 4.89. The molecule has 1 aromatic carbocycles. The van der Waals surface area contributed by atoms with Crippen LogP contribution in [0.3, 0.4) is 0 Å². The molecule has 0 bridgehead atoms. The molecular formula is C18H10N6O. The highest BCUT2D eigenvalue weighted by Gasteiger charge is 2.13. The van der Waals surface area contributed by atoms with Crippen molar-refractivity contribution < 1.29 is 4.74 Å². The average molecular weight is 326 g/mol. The van der Waals surface area contributed by atoms with Crippen LogP contribution in [-0.2, 0) is 6.54 Å². The summed E-state index contributed by atoms with van der Waals surface area (Å²) in [6.07, 6.45) is 7.07. The first-order valence-corrected chi connectivity index (χ1v) is 7.17. The molecule has 25 heavy (non-hydrogen) atoms. The number of hydrogen-bond acceptors (Lipinski definition) is 7. The lowest BCUT2D eigenvalue weighted by Gasteiger charge is -2.10. The number of nitrogens with zero attached hydrogens (tertiary/aromatic N) is 5. The van der Waals surface area contributed by atoms with Crippen LogP contribution in [0.2, 0.25) is 0 Å². The predicted molar refractivity (Wildman–Crippen MR) is 86.8 cm³/mol. The first-order chi connectivity index (χ1) is 12.2. The smallest absolute Gasteiger partial charge is 0.198 e. The van der Waals surface area contributed by atoms with Gasteiger partial charge in [0.1, 0.15) is 17.4 Å². The van der Waals surface area contributed by atoms with Crippen LogP contribution in [0, 0.1) is 34.9 Å². The molecule has 0 radical (unpaired) electrons. The van der Waals surface area contributed by atoms with Gasteiger partial charge in [-0.15, -0.1) is 0 Å². The van der Waals surface area contributed by atoms with Gasteiger partial charge >= 0.3 is 0 Å². The van der Waals surface area contributed by atoms with Crippen molar-refractivity contribution in [2.75, 3.05) is 0 Å². The van der Waals surface area contributed by atoms with Gasteiger partial charge in [0.25, 0.3) is 0 Å². The normalized spacial score (nSPS) is 9.56. The third-order valence-electron chi connectivity index (χ3n) is 3.30. The van der Waals surface area contributed by atoms with E-state index < -0.39 is 0 Å². The van der Waals surface area contributed by atoms with E-state index in [-0.39, 0.29) is 11.3 Å². The second-order valence-corrected chi connectivity index (χ2v) is 4.89. The molecule has 0 aliphatic heterocycles. The molecule has 2 heterocycles. The molecular weight excluding hydrogens is 316 g/mol. The number of nitriles is 2. The molecule has 0 amide bonds. The van der Waals surface area contributed by atoms with Gasteiger partial charge in [-0.05, 0) is 24.3 Å². The Bertz CT molecular complexity index is 986. The van der Waals surface area contributed by atoms with Crippen LogP contribution in [0.15, 0.2) is 36.8 Å².